The van der Waals surface area contributed by atoms with E-state index in [0.717, 1.165) is 12.8 Å². The average Bonchev–Trinajstić information content (AvgIpc) is 2.98. The van der Waals surface area contributed by atoms with Gasteiger partial charge in [0.25, 0.3) is 0 Å². The van der Waals surface area contributed by atoms with Gasteiger partial charge in [0.05, 0.1) is 18.4 Å². The van der Waals surface area contributed by atoms with Gasteiger partial charge in [-0.05, 0) is 25.0 Å². The molecule has 2 amide bonds. The predicted octanol–water partition coefficient (Wildman–Crippen LogP) is 3.39. The Morgan fingerprint density at radius 2 is 1.96 bits per heavy atom. The summed E-state index contributed by atoms with van der Waals surface area (Å²) in [6, 6.07) is 3.60. The highest BCUT2D eigenvalue weighted by molar-refractivity contribution is 7.14. The molecule has 2 N–H and O–H groups in total. The zero-order valence-electron chi connectivity index (χ0n) is 13.0. The van der Waals surface area contributed by atoms with Gasteiger partial charge in [-0.1, -0.05) is 0 Å². The fourth-order valence-corrected chi connectivity index (χ4v) is 3.62. The largest absolute Gasteiger partial charge is 0.463 e. The Balaban J connectivity index is 1.33. The minimum absolute atomic E-state index is 0.0126. The van der Waals surface area contributed by atoms with Crippen LogP contribution < -0.4 is 10.6 Å². The summed E-state index contributed by atoms with van der Waals surface area (Å²) in [7, 11) is 0. The first-order valence-corrected chi connectivity index (χ1v) is 9.48. The number of aromatic nitrogens is 2. The van der Waals surface area contributed by atoms with Crippen LogP contribution in [0.15, 0.2) is 33.6 Å². The van der Waals surface area contributed by atoms with Crippen molar-refractivity contribution in [3.63, 3.8) is 0 Å². The first-order chi connectivity index (χ1) is 12.2. The second-order valence-electron chi connectivity index (χ2n) is 5.65. The Labute approximate surface area is 151 Å². The number of nitrogens with zero attached hydrogens (tertiary/aromatic N) is 2. The van der Waals surface area contributed by atoms with Crippen LogP contribution in [0, 0.1) is 5.92 Å². The van der Waals surface area contributed by atoms with Crippen LogP contribution in [0.25, 0.3) is 11.5 Å². The molecule has 1 fully saturated rings. The first-order valence-electron chi connectivity index (χ1n) is 7.72. The number of nitrogens with one attached hydrogen (secondary N) is 2. The normalized spacial score (nSPS) is 13.6. The van der Waals surface area contributed by atoms with Crippen molar-refractivity contribution in [2.24, 2.45) is 5.92 Å². The first kappa shape index (κ1) is 16.0. The molecule has 0 aromatic carbocycles. The van der Waals surface area contributed by atoms with Crippen molar-refractivity contribution >= 4 is 44.8 Å². The smallest absolute Gasteiger partial charge is 0.232 e. The summed E-state index contributed by atoms with van der Waals surface area (Å²) in [4.78, 5) is 32.5. The fourth-order valence-electron chi connectivity index (χ4n) is 2.20. The highest BCUT2D eigenvalue weighted by Gasteiger charge is 2.30. The molecule has 3 aromatic rings. The number of furan rings is 1. The maximum absolute atomic E-state index is 12.1. The molecule has 0 aliphatic heterocycles. The van der Waals surface area contributed by atoms with Gasteiger partial charge in [0.15, 0.2) is 16.0 Å². The molecule has 3 aromatic heterocycles. The topological polar surface area (TPSA) is 97.1 Å². The van der Waals surface area contributed by atoms with Crippen molar-refractivity contribution in [2.75, 3.05) is 10.6 Å². The van der Waals surface area contributed by atoms with Crippen LogP contribution in [-0.4, -0.2) is 21.8 Å². The molecule has 7 nitrogen and oxygen atoms in total. The predicted molar refractivity (Wildman–Crippen MR) is 95.6 cm³/mol. The van der Waals surface area contributed by atoms with Crippen LogP contribution in [0.4, 0.5) is 10.3 Å². The molecule has 0 unspecified atom stereocenters. The zero-order chi connectivity index (χ0) is 17.2. The summed E-state index contributed by atoms with van der Waals surface area (Å²) in [5.41, 5.74) is 1.31. The lowest BCUT2D eigenvalue weighted by atomic mass is 10.3. The van der Waals surface area contributed by atoms with Gasteiger partial charge in [-0.25, -0.2) is 9.97 Å². The van der Waals surface area contributed by atoms with E-state index in [1.807, 2.05) is 11.4 Å². The molecule has 0 atom stereocenters. The van der Waals surface area contributed by atoms with E-state index in [4.69, 9.17) is 4.42 Å². The monoisotopic (exact) mass is 374 g/mol. The number of carbonyl (C=O) groups is 2. The SMILES string of the molecule is O=C(Cc1csc(NC(=O)C2CC2)n1)Nc1nc(-c2ccco2)cs1. The molecule has 128 valence electrons. The van der Waals surface area contributed by atoms with Gasteiger partial charge in [0.1, 0.15) is 5.69 Å². The summed E-state index contributed by atoms with van der Waals surface area (Å²) in [6.45, 7) is 0. The Kier molecular flexibility index (Phi) is 4.33. The molecule has 3 heterocycles. The molecule has 0 saturated heterocycles. The van der Waals surface area contributed by atoms with Crippen LogP contribution in [-0.2, 0) is 16.0 Å². The van der Waals surface area contributed by atoms with Crippen molar-refractivity contribution < 1.29 is 14.0 Å². The lowest BCUT2D eigenvalue weighted by Gasteiger charge is -2.00. The third-order valence-corrected chi connectivity index (χ3v) is 5.16. The van der Waals surface area contributed by atoms with Gasteiger partial charge < -0.3 is 15.1 Å². The summed E-state index contributed by atoms with van der Waals surface area (Å²) >= 11 is 2.66. The summed E-state index contributed by atoms with van der Waals surface area (Å²) in [5.74, 6) is 0.598. The van der Waals surface area contributed by atoms with E-state index in [2.05, 4.69) is 20.6 Å². The van der Waals surface area contributed by atoms with E-state index in [-0.39, 0.29) is 24.2 Å². The number of rotatable bonds is 6. The number of anilines is 2. The number of amides is 2. The Bertz CT molecular complexity index is 896. The molecule has 1 saturated carbocycles. The highest BCUT2D eigenvalue weighted by Crippen LogP contribution is 2.30. The molecule has 25 heavy (non-hydrogen) atoms. The van der Waals surface area contributed by atoms with E-state index in [9.17, 15) is 9.59 Å². The van der Waals surface area contributed by atoms with Crippen LogP contribution in [0.5, 0.6) is 0 Å². The van der Waals surface area contributed by atoms with Gasteiger partial charge in [0.2, 0.25) is 11.8 Å². The zero-order valence-corrected chi connectivity index (χ0v) is 14.7. The van der Waals surface area contributed by atoms with Gasteiger partial charge >= 0.3 is 0 Å². The molecule has 1 aliphatic rings. The molecule has 4 rings (SSSR count). The molecule has 0 spiro atoms. The molecule has 9 heteroatoms. The van der Waals surface area contributed by atoms with Crippen molar-refractivity contribution in [3.8, 4) is 11.5 Å². The van der Waals surface area contributed by atoms with Crippen LogP contribution in [0.2, 0.25) is 0 Å². The van der Waals surface area contributed by atoms with Crippen LogP contribution in [0.3, 0.4) is 0 Å². The number of hydrogen-bond acceptors (Lipinski definition) is 7. The lowest BCUT2D eigenvalue weighted by molar-refractivity contribution is -0.117. The Morgan fingerprint density at radius 3 is 2.72 bits per heavy atom. The third-order valence-electron chi connectivity index (χ3n) is 3.60. The number of hydrogen-bond donors (Lipinski definition) is 2. The third kappa shape index (κ3) is 3.94. The molecule has 1 aliphatic carbocycles. The molecule has 0 radical (unpaired) electrons. The summed E-state index contributed by atoms with van der Waals surface area (Å²) < 4.78 is 5.28. The van der Waals surface area contributed by atoms with Crippen molar-refractivity contribution in [1.82, 2.24) is 9.97 Å². The average molecular weight is 374 g/mol. The van der Waals surface area contributed by atoms with E-state index in [0.29, 0.717) is 27.4 Å². The van der Waals surface area contributed by atoms with Crippen molar-refractivity contribution in [2.45, 2.75) is 19.3 Å². The van der Waals surface area contributed by atoms with E-state index in [1.165, 1.54) is 22.7 Å². The van der Waals surface area contributed by atoms with Gasteiger partial charge in [-0.2, -0.15) is 0 Å². The van der Waals surface area contributed by atoms with E-state index < -0.39 is 0 Å². The van der Waals surface area contributed by atoms with Crippen molar-refractivity contribution in [1.29, 1.82) is 0 Å². The number of carbonyl (C=O) groups excluding carboxylic acids is 2. The molecule has 0 bridgehead atoms. The Hall–Kier alpha value is -2.52. The quantitative estimate of drug-likeness (QED) is 0.689. The van der Waals surface area contributed by atoms with Crippen molar-refractivity contribution in [3.05, 3.63) is 34.8 Å². The van der Waals surface area contributed by atoms with Gasteiger partial charge in [-0.15, -0.1) is 22.7 Å². The maximum atomic E-state index is 12.1. The molecular weight excluding hydrogens is 360 g/mol. The Morgan fingerprint density at radius 1 is 1.16 bits per heavy atom. The van der Waals surface area contributed by atoms with Gasteiger partial charge in [0, 0.05) is 16.7 Å². The van der Waals surface area contributed by atoms with Crippen LogP contribution in [0.1, 0.15) is 18.5 Å². The lowest BCUT2D eigenvalue weighted by Crippen LogP contribution is -2.15. The second kappa shape index (κ2) is 6.77. The summed E-state index contributed by atoms with van der Waals surface area (Å²) in [6.07, 6.45) is 3.60. The van der Waals surface area contributed by atoms with E-state index >= 15 is 0 Å². The number of thiazole rings is 2. The fraction of sp³-hybridized carbons (Fsp3) is 0.250. The highest BCUT2D eigenvalue weighted by atomic mass is 32.1. The maximum Gasteiger partial charge on any atom is 0.232 e. The molecular formula is C16H14N4O3S2. The van der Waals surface area contributed by atoms with Gasteiger partial charge in [-0.3, -0.25) is 9.59 Å². The van der Waals surface area contributed by atoms with Crippen LogP contribution >= 0.6 is 22.7 Å². The van der Waals surface area contributed by atoms with E-state index in [1.54, 1.807) is 17.7 Å². The standard InChI is InChI=1S/C16H14N4O3S2/c21-13(19-16-18-11(8-25-16)12-2-1-5-23-12)6-10-7-24-15(17-10)20-14(22)9-3-4-9/h1-2,5,7-9H,3-4,6H2,(H,17,20,22)(H,18,19,21). The minimum atomic E-state index is -0.203. The minimum Gasteiger partial charge on any atom is -0.463 e. The summed E-state index contributed by atoms with van der Waals surface area (Å²) in [5, 5.41) is 10.2. The second-order valence-corrected chi connectivity index (χ2v) is 7.36.